The van der Waals surface area contributed by atoms with E-state index in [-0.39, 0.29) is 5.91 Å². The lowest BCUT2D eigenvalue weighted by Gasteiger charge is -2.02. The highest BCUT2D eigenvalue weighted by atomic mass is 16.1. The van der Waals surface area contributed by atoms with Crippen LogP contribution in [0.15, 0.2) is 48.2 Å². The fourth-order valence-electron chi connectivity index (χ4n) is 2.87. The first-order valence-corrected chi connectivity index (χ1v) is 7.45. The summed E-state index contributed by atoms with van der Waals surface area (Å²) in [5.74, 6) is -0.116. The van der Waals surface area contributed by atoms with Crippen LogP contribution in [0.3, 0.4) is 0 Å². The molecule has 114 valence electrons. The Labute approximate surface area is 132 Å². The lowest BCUT2D eigenvalue weighted by molar-refractivity contribution is -0.111. The van der Waals surface area contributed by atoms with Gasteiger partial charge in [-0.2, -0.15) is 0 Å². The molecule has 0 bridgehead atoms. The van der Waals surface area contributed by atoms with Crippen LogP contribution in [-0.2, 0) is 4.79 Å². The number of carbonyl (C=O) groups is 1. The smallest absolute Gasteiger partial charge is 0.248 e. The molecular weight excluding hydrogens is 288 g/mol. The van der Waals surface area contributed by atoms with Gasteiger partial charge in [-0.05, 0) is 32.0 Å². The zero-order chi connectivity index (χ0) is 16.0. The molecular formula is C18H16N4O. The second kappa shape index (κ2) is 4.98. The Morgan fingerprint density at radius 2 is 2.04 bits per heavy atom. The van der Waals surface area contributed by atoms with Crippen molar-refractivity contribution < 1.29 is 4.79 Å². The number of carbonyl (C=O) groups excluding carboxylic acids is 1. The summed E-state index contributed by atoms with van der Waals surface area (Å²) in [7, 11) is 0. The maximum atomic E-state index is 11.9. The van der Waals surface area contributed by atoms with E-state index >= 15 is 0 Å². The fraction of sp³-hybridized carbons (Fsp3) is 0.111. The second-order valence-corrected chi connectivity index (χ2v) is 5.89. The standard InChI is InChI=1S/C18H16N4O/c1-10(2)7-16(23)20-12-4-6-15-14(8-12)13-5-3-11-9-19-22-17(11)18(13)21-15/h3-9,19,22H,1-2H3,(H,20,23). The Kier molecular flexibility index (Phi) is 2.94. The van der Waals surface area contributed by atoms with Crippen LogP contribution in [0.2, 0.25) is 0 Å². The number of hydrogen-bond acceptors (Lipinski definition) is 2. The Morgan fingerprint density at radius 1 is 1.17 bits per heavy atom. The number of nitrogens with one attached hydrogen (secondary N) is 3. The summed E-state index contributed by atoms with van der Waals surface area (Å²) in [6, 6.07) is 9.91. The predicted octanol–water partition coefficient (Wildman–Crippen LogP) is 4.10. The van der Waals surface area contributed by atoms with Gasteiger partial charge in [-0.15, -0.1) is 0 Å². The van der Waals surface area contributed by atoms with Crippen LogP contribution in [0.5, 0.6) is 0 Å². The van der Waals surface area contributed by atoms with Crippen molar-refractivity contribution in [3.8, 4) is 0 Å². The maximum absolute atomic E-state index is 11.9. The predicted molar refractivity (Wildman–Crippen MR) is 93.5 cm³/mol. The number of amides is 1. The van der Waals surface area contributed by atoms with Gasteiger partial charge in [0.25, 0.3) is 0 Å². The van der Waals surface area contributed by atoms with E-state index in [1.165, 1.54) is 0 Å². The molecule has 0 radical (unpaired) electrons. The summed E-state index contributed by atoms with van der Waals surface area (Å²) in [6.07, 6.45) is 3.50. The Morgan fingerprint density at radius 3 is 2.87 bits per heavy atom. The first-order chi connectivity index (χ1) is 11.1. The highest BCUT2D eigenvalue weighted by Gasteiger charge is 2.11. The van der Waals surface area contributed by atoms with Crippen LogP contribution < -0.4 is 5.32 Å². The van der Waals surface area contributed by atoms with E-state index in [1.807, 2.05) is 38.2 Å². The molecule has 0 aliphatic rings. The molecule has 0 unspecified atom stereocenters. The van der Waals surface area contributed by atoms with E-state index in [1.54, 1.807) is 6.08 Å². The minimum atomic E-state index is -0.116. The SMILES string of the molecule is CC(C)=CC(=O)Nc1ccc2nc3c(ccc4c[nH][nH]c43)c2c1. The molecule has 0 aliphatic carbocycles. The van der Waals surface area contributed by atoms with E-state index in [4.69, 9.17) is 4.98 Å². The first kappa shape index (κ1) is 13.6. The number of nitrogens with zero attached hydrogens (tertiary/aromatic N) is 1. The molecule has 0 fully saturated rings. The Bertz CT molecular complexity index is 1080. The Balaban J connectivity index is 1.86. The van der Waals surface area contributed by atoms with E-state index in [9.17, 15) is 4.79 Å². The summed E-state index contributed by atoms with van der Waals surface area (Å²) in [5.41, 5.74) is 4.59. The van der Waals surface area contributed by atoms with Gasteiger partial charge in [0.1, 0.15) is 0 Å². The molecule has 0 spiro atoms. The molecule has 0 atom stereocenters. The molecule has 2 heterocycles. The lowest BCUT2D eigenvalue weighted by atomic mass is 10.1. The number of benzene rings is 2. The molecule has 0 saturated heterocycles. The summed E-state index contributed by atoms with van der Waals surface area (Å²) >= 11 is 0. The van der Waals surface area contributed by atoms with Crippen LogP contribution in [0.4, 0.5) is 5.69 Å². The van der Waals surface area contributed by atoms with Crippen molar-refractivity contribution in [2.24, 2.45) is 0 Å². The fourth-order valence-corrected chi connectivity index (χ4v) is 2.87. The lowest BCUT2D eigenvalue weighted by Crippen LogP contribution is -2.08. The monoisotopic (exact) mass is 304 g/mol. The molecule has 0 aliphatic heterocycles. The van der Waals surface area contributed by atoms with Crippen LogP contribution in [0.1, 0.15) is 13.8 Å². The Hall–Kier alpha value is -3.08. The number of anilines is 1. The zero-order valence-electron chi connectivity index (χ0n) is 12.9. The molecule has 5 nitrogen and oxygen atoms in total. The minimum Gasteiger partial charge on any atom is -0.322 e. The third-order valence-electron chi connectivity index (χ3n) is 3.84. The van der Waals surface area contributed by atoms with Gasteiger partial charge in [-0.1, -0.05) is 17.7 Å². The quantitative estimate of drug-likeness (QED) is 0.488. The third-order valence-corrected chi connectivity index (χ3v) is 3.84. The van der Waals surface area contributed by atoms with Crippen molar-refractivity contribution in [1.29, 1.82) is 0 Å². The maximum Gasteiger partial charge on any atom is 0.248 e. The zero-order valence-corrected chi connectivity index (χ0v) is 12.9. The number of fused-ring (bicyclic) bond motifs is 5. The van der Waals surface area contributed by atoms with E-state index in [0.717, 1.165) is 44.0 Å². The van der Waals surface area contributed by atoms with Gasteiger partial charge in [-0.3, -0.25) is 9.89 Å². The molecule has 2 aromatic heterocycles. The van der Waals surface area contributed by atoms with Gasteiger partial charge in [0.15, 0.2) is 0 Å². The normalized spacial score (nSPS) is 11.2. The summed E-state index contributed by atoms with van der Waals surface area (Å²) in [6.45, 7) is 3.80. The first-order valence-electron chi connectivity index (χ1n) is 7.45. The number of aromatic amines is 2. The van der Waals surface area contributed by atoms with E-state index in [0.29, 0.717) is 0 Å². The van der Waals surface area contributed by atoms with Gasteiger partial charge < -0.3 is 10.4 Å². The second-order valence-electron chi connectivity index (χ2n) is 5.89. The van der Waals surface area contributed by atoms with E-state index < -0.39 is 0 Å². The number of aromatic nitrogens is 3. The average Bonchev–Trinajstić information content (AvgIpc) is 3.09. The van der Waals surface area contributed by atoms with Crippen molar-refractivity contribution in [3.05, 3.63) is 48.2 Å². The highest BCUT2D eigenvalue weighted by molar-refractivity contribution is 6.16. The van der Waals surface area contributed by atoms with Crippen molar-refractivity contribution in [2.45, 2.75) is 13.8 Å². The topological polar surface area (TPSA) is 73.6 Å². The largest absolute Gasteiger partial charge is 0.322 e. The molecule has 23 heavy (non-hydrogen) atoms. The molecule has 5 heteroatoms. The summed E-state index contributed by atoms with van der Waals surface area (Å²) < 4.78 is 0. The molecule has 4 aromatic rings. The van der Waals surface area contributed by atoms with E-state index in [2.05, 4.69) is 27.6 Å². The highest BCUT2D eigenvalue weighted by Crippen LogP contribution is 2.31. The van der Waals surface area contributed by atoms with Crippen LogP contribution in [0.25, 0.3) is 32.7 Å². The number of hydrogen-bond donors (Lipinski definition) is 3. The van der Waals surface area contributed by atoms with Gasteiger partial charge in [0.2, 0.25) is 5.91 Å². The molecule has 0 saturated carbocycles. The summed E-state index contributed by atoms with van der Waals surface area (Å²) in [5, 5.41) is 12.2. The average molecular weight is 304 g/mol. The van der Waals surface area contributed by atoms with Gasteiger partial charge in [0, 0.05) is 34.1 Å². The van der Waals surface area contributed by atoms with Crippen molar-refractivity contribution in [2.75, 3.05) is 5.32 Å². The van der Waals surface area contributed by atoms with Crippen LogP contribution in [0, 0.1) is 0 Å². The molecule has 4 rings (SSSR count). The van der Waals surface area contributed by atoms with Crippen molar-refractivity contribution in [1.82, 2.24) is 15.2 Å². The van der Waals surface area contributed by atoms with Crippen LogP contribution in [-0.4, -0.2) is 21.1 Å². The molecule has 1 amide bonds. The minimum absolute atomic E-state index is 0.116. The van der Waals surface area contributed by atoms with Crippen molar-refractivity contribution >= 4 is 44.3 Å². The van der Waals surface area contributed by atoms with Crippen molar-refractivity contribution in [3.63, 3.8) is 0 Å². The summed E-state index contributed by atoms with van der Waals surface area (Å²) in [4.78, 5) is 16.6. The molecule has 2 aromatic carbocycles. The van der Waals surface area contributed by atoms with Crippen LogP contribution >= 0.6 is 0 Å². The molecule has 3 N–H and O–H groups in total. The van der Waals surface area contributed by atoms with Gasteiger partial charge >= 0.3 is 0 Å². The third kappa shape index (κ3) is 2.26. The number of allylic oxidation sites excluding steroid dienone is 1. The van der Waals surface area contributed by atoms with Gasteiger partial charge in [0.05, 0.1) is 16.6 Å². The van der Waals surface area contributed by atoms with Gasteiger partial charge in [-0.25, -0.2) is 4.98 Å². The number of H-pyrrole nitrogens is 2. The number of rotatable bonds is 2.